The van der Waals surface area contributed by atoms with Crippen molar-refractivity contribution < 1.29 is 9.31 Å². The lowest BCUT2D eigenvalue weighted by atomic mass is 9.78. The highest BCUT2D eigenvalue weighted by molar-refractivity contribution is 7.98. The SMILES string of the molecule is CC1(C)OB(c2ccc3c(c2)NCCSC3)OC1(C)C. The molecule has 3 rings (SSSR count). The van der Waals surface area contributed by atoms with Crippen LogP contribution in [-0.2, 0) is 15.1 Å². The fourth-order valence-electron chi connectivity index (χ4n) is 2.45. The van der Waals surface area contributed by atoms with Gasteiger partial charge in [0.2, 0.25) is 0 Å². The first-order valence-corrected chi connectivity index (χ1v) is 8.35. The monoisotopic (exact) mass is 291 g/mol. The summed E-state index contributed by atoms with van der Waals surface area (Å²) in [6.45, 7) is 9.37. The number of nitrogens with one attached hydrogen (secondary N) is 1. The molecule has 0 saturated carbocycles. The van der Waals surface area contributed by atoms with Crippen molar-refractivity contribution in [2.45, 2.75) is 44.6 Å². The zero-order valence-corrected chi connectivity index (χ0v) is 13.5. The Morgan fingerprint density at radius 1 is 1.15 bits per heavy atom. The Balaban J connectivity index is 1.87. The first kappa shape index (κ1) is 14.3. The molecule has 0 amide bonds. The Hall–Kier alpha value is -0.645. The van der Waals surface area contributed by atoms with E-state index in [0.717, 1.165) is 23.5 Å². The highest BCUT2D eigenvalue weighted by atomic mass is 32.2. The molecule has 2 aliphatic heterocycles. The molecule has 20 heavy (non-hydrogen) atoms. The highest BCUT2D eigenvalue weighted by Gasteiger charge is 2.51. The van der Waals surface area contributed by atoms with Crippen LogP contribution in [0, 0.1) is 0 Å². The van der Waals surface area contributed by atoms with Gasteiger partial charge in [-0.15, -0.1) is 0 Å². The van der Waals surface area contributed by atoms with E-state index >= 15 is 0 Å². The Morgan fingerprint density at radius 2 is 1.85 bits per heavy atom. The molecule has 1 saturated heterocycles. The van der Waals surface area contributed by atoms with Crippen LogP contribution in [0.2, 0.25) is 0 Å². The van der Waals surface area contributed by atoms with Crippen LogP contribution in [0.3, 0.4) is 0 Å². The van der Waals surface area contributed by atoms with E-state index in [1.807, 2.05) is 11.8 Å². The van der Waals surface area contributed by atoms with Gasteiger partial charge in [0.05, 0.1) is 11.2 Å². The summed E-state index contributed by atoms with van der Waals surface area (Å²) in [5.74, 6) is 2.23. The summed E-state index contributed by atoms with van der Waals surface area (Å²) >= 11 is 1.97. The van der Waals surface area contributed by atoms with Crippen molar-refractivity contribution in [1.29, 1.82) is 0 Å². The third-order valence-electron chi connectivity index (χ3n) is 4.48. The quantitative estimate of drug-likeness (QED) is 0.806. The minimum absolute atomic E-state index is 0.275. The Morgan fingerprint density at radius 3 is 2.55 bits per heavy atom. The third kappa shape index (κ3) is 2.47. The zero-order chi connectivity index (χ0) is 14.4. The van der Waals surface area contributed by atoms with Crippen LogP contribution in [-0.4, -0.2) is 30.6 Å². The van der Waals surface area contributed by atoms with E-state index in [4.69, 9.17) is 9.31 Å². The van der Waals surface area contributed by atoms with Gasteiger partial charge in [0.25, 0.3) is 0 Å². The number of hydrogen-bond donors (Lipinski definition) is 1. The molecule has 0 aromatic heterocycles. The van der Waals surface area contributed by atoms with Gasteiger partial charge in [-0.05, 0) is 44.8 Å². The van der Waals surface area contributed by atoms with Crippen LogP contribution in [0.5, 0.6) is 0 Å². The third-order valence-corrected chi connectivity index (χ3v) is 5.49. The van der Waals surface area contributed by atoms with Crippen LogP contribution in [0.25, 0.3) is 0 Å². The normalized spacial score (nSPS) is 23.9. The molecule has 0 aliphatic carbocycles. The van der Waals surface area contributed by atoms with Gasteiger partial charge in [0, 0.05) is 23.7 Å². The molecule has 0 bridgehead atoms. The summed E-state index contributed by atoms with van der Waals surface area (Å²) in [5, 5.41) is 3.50. The van der Waals surface area contributed by atoms with E-state index in [2.05, 4.69) is 51.2 Å². The van der Waals surface area contributed by atoms with E-state index in [1.165, 1.54) is 11.3 Å². The molecular weight excluding hydrogens is 269 g/mol. The van der Waals surface area contributed by atoms with E-state index in [1.54, 1.807) is 0 Å². The lowest BCUT2D eigenvalue weighted by Gasteiger charge is -2.32. The smallest absolute Gasteiger partial charge is 0.399 e. The van der Waals surface area contributed by atoms with Crippen LogP contribution in [0.4, 0.5) is 5.69 Å². The van der Waals surface area contributed by atoms with Crippen molar-refractivity contribution in [2.24, 2.45) is 0 Å². The molecule has 5 heteroatoms. The highest BCUT2D eigenvalue weighted by Crippen LogP contribution is 2.36. The minimum atomic E-state index is -0.284. The fourth-order valence-corrected chi connectivity index (χ4v) is 3.31. The maximum Gasteiger partial charge on any atom is 0.494 e. The Labute approximate surface area is 125 Å². The van der Waals surface area contributed by atoms with Crippen molar-refractivity contribution in [3.8, 4) is 0 Å². The molecule has 0 radical (unpaired) electrons. The number of benzene rings is 1. The predicted molar refractivity (Wildman–Crippen MR) is 86.8 cm³/mol. The largest absolute Gasteiger partial charge is 0.494 e. The zero-order valence-electron chi connectivity index (χ0n) is 12.7. The van der Waals surface area contributed by atoms with E-state index < -0.39 is 0 Å². The maximum atomic E-state index is 6.12. The summed E-state index contributed by atoms with van der Waals surface area (Å²) in [5.41, 5.74) is 3.12. The minimum Gasteiger partial charge on any atom is -0.399 e. The van der Waals surface area contributed by atoms with Crippen molar-refractivity contribution in [3.63, 3.8) is 0 Å². The molecule has 1 aromatic carbocycles. The number of hydrogen-bond acceptors (Lipinski definition) is 4. The van der Waals surface area contributed by atoms with Gasteiger partial charge in [0.1, 0.15) is 0 Å². The number of rotatable bonds is 1. The van der Waals surface area contributed by atoms with Gasteiger partial charge in [-0.2, -0.15) is 11.8 Å². The molecule has 108 valence electrons. The molecule has 2 aliphatic rings. The van der Waals surface area contributed by atoms with Crippen LogP contribution in [0.15, 0.2) is 18.2 Å². The maximum absolute atomic E-state index is 6.12. The molecule has 2 heterocycles. The molecule has 0 unspecified atom stereocenters. The number of thioether (sulfide) groups is 1. The molecule has 1 aromatic rings. The molecule has 1 fully saturated rings. The van der Waals surface area contributed by atoms with Gasteiger partial charge in [-0.3, -0.25) is 0 Å². The lowest BCUT2D eigenvalue weighted by Crippen LogP contribution is -2.41. The van der Waals surface area contributed by atoms with Crippen molar-refractivity contribution in [1.82, 2.24) is 0 Å². The van der Waals surface area contributed by atoms with E-state index in [9.17, 15) is 0 Å². The first-order valence-electron chi connectivity index (χ1n) is 7.19. The van der Waals surface area contributed by atoms with Gasteiger partial charge >= 0.3 is 7.12 Å². The Bertz CT molecular complexity index is 503. The van der Waals surface area contributed by atoms with Gasteiger partial charge < -0.3 is 14.6 Å². The topological polar surface area (TPSA) is 30.5 Å². The average Bonchev–Trinajstić information content (AvgIpc) is 2.56. The molecule has 0 atom stereocenters. The second-order valence-corrected chi connectivity index (χ2v) is 7.59. The van der Waals surface area contributed by atoms with Crippen LogP contribution >= 0.6 is 11.8 Å². The summed E-state index contributed by atoms with van der Waals surface area (Å²) in [6, 6.07) is 6.51. The van der Waals surface area contributed by atoms with E-state index in [-0.39, 0.29) is 18.3 Å². The van der Waals surface area contributed by atoms with Crippen molar-refractivity contribution in [2.75, 3.05) is 17.6 Å². The second-order valence-electron chi connectivity index (χ2n) is 6.48. The first-order chi connectivity index (χ1) is 9.39. The average molecular weight is 291 g/mol. The fraction of sp³-hybridized carbons (Fsp3) is 0.600. The van der Waals surface area contributed by atoms with Gasteiger partial charge in [0.15, 0.2) is 0 Å². The summed E-state index contributed by atoms with van der Waals surface area (Å²) < 4.78 is 12.2. The second kappa shape index (κ2) is 4.97. The van der Waals surface area contributed by atoms with Crippen LogP contribution < -0.4 is 10.8 Å². The van der Waals surface area contributed by atoms with Crippen molar-refractivity contribution in [3.05, 3.63) is 23.8 Å². The summed E-state index contributed by atoms with van der Waals surface area (Å²) in [6.07, 6.45) is 0. The lowest BCUT2D eigenvalue weighted by molar-refractivity contribution is 0.00578. The molecular formula is C15H22BNO2S. The van der Waals surface area contributed by atoms with Gasteiger partial charge in [-0.1, -0.05) is 12.1 Å². The number of anilines is 1. The number of fused-ring (bicyclic) bond motifs is 1. The Kier molecular flexibility index (Phi) is 3.55. The predicted octanol–water partition coefficient (Wildman–Crippen LogP) is 2.64. The van der Waals surface area contributed by atoms with Gasteiger partial charge in [-0.25, -0.2) is 0 Å². The van der Waals surface area contributed by atoms with Crippen LogP contribution in [0.1, 0.15) is 33.3 Å². The van der Waals surface area contributed by atoms with Crippen molar-refractivity contribution >= 4 is 30.0 Å². The molecule has 0 spiro atoms. The van der Waals surface area contributed by atoms with E-state index in [0.29, 0.717) is 0 Å². The molecule has 1 N–H and O–H groups in total. The summed E-state index contributed by atoms with van der Waals surface area (Å²) in [7, 11) is -0.275. The molecule has 3 nitrogen and oxygen atoms in total. The summed E-state index contributed by atoms with van der Waals surface area (Å²) in [4.78, 5) is 0. The standard InChI is InChI=1S/C15H22BNO2S/c1-14(2)15(3,4)19-16(18-14)12-6-5-11-10-20-8-7-17-13(11)9-12/h5-6,9,17H,7-8,10H2,1-4H3.